The molecule has 0 fully saturated rings. The SMILES string of the molecule is COC(=O)c1cc(S)cc(NC(=O)OCC2c3ccccc3-c3ccccc32)c1. The molecular weight excluding hydrogens is 386 g/mol. The molecule has 3 aromatic carbocycles. The van der Waals surface area contributed by atoms with Crippen LogP contribution in [-0.2, 0) is 9.47 Å². The molecule has 0 spiro atoms. The lowest BCUT2D eigenvalue weighted by atomic mass is 9.98. The van der Waals surface area contributed by atoms with E-state index in [2.05, 4.69) is 42.2 Å². The second kappa shape index (κ2) is 8.01. The molecule has 0 unspecified atom stereocenters. The van der Waals surface area contributed by atoms with Crippen LogP contribution in [0.25, 0.3) is 11.1 Å². The van der Waals surface area contributed by atoms with E-state index in [-0.39, 0.29) is 12.5 Å². The molecule has 1 amide bonds. The van der Waals surface area contributed by atoms with Crippen LogP contribution in [0.5, 0.6) is 0 Å². The minimum Gasteiger partial charge on any atom is -0.465 e. The second-order valence-corrected chi connectivity index (χ2v) is 7.23. The highest BCUT2D eigenvalue weighted by molar-refractivity contribution is 7.80. The first-order chi connectivity index (χ1) is 14.1. The number of thiol groups is 1. The van der Waals surface area contributed by atoms with E-state index in [1.54, 1.807) is 12.1 Å². The summed E-state index contributed by atoms with van der Waals surface area (Å²) in [6, 6.07) is 21.0. The average Bonchev–Trinajstić information content (AvgIpc) is 3.05. The van der Waals surface area contributed by atoms with Crippen molar-refractivity contribution in [2.45, 2.75) is 10.8 Å². The number of nitrogens with one attached hydrogen (secondary N) is 1. The van der Waals surface area contributed by atoms with Crippen LogP contribution in [0, 0.1) is 0 Å². The van der Waals surface area contributed by atoms with E-state index in [1.165, 1.54) is 24.3 Å². The normalized spacial score (nSPS) is 12.1. The molecule has 5 nitrogen and oxygen atoms in total. The monoisotopic (exact) mass is 405 g/mol. The minimum atomic E-state index is -0.596. The minimum absolute atomic E-state index is 0.0185. The van der Waals surface area contributed by atoms with Crippen molar-refractivity contribution in [3.05, 3.63) is 83.4 Å². The van der Waals surface area contributed by atoms with Gasteiger partial charge in [0.05, 0.1) is 12.7 Å². The Morgan fingerprint density at radius 2 is 1.59 bits per heavy atom. The summed E-state index contributed by atoms with van der Waals surface area (Å²) in [6.07, 6.45) is -0.596. The Labute approximate surface area is 174 Å². The number of hydrogen-bond donors (Lipinski definition) is 2. The van der Waals surface area contributed by atoms with Crippen molar-refractivity contribution in [3.8, 4) is 11.1 Å². The highest BCUT2D eigenvalue weighted by Gasteiger charge is 2.29. The molecule has 146 valence electrons. The molecule has 0 saturated carbocycles. The van der Waals surface area contributed by atoms with E-state index < -0.39 is 12.1 Å². The summed E-state index contributed by atoms with van der Waals surface area (Å²) in [7, 11) is 1.30. The first-order valence-electron chi connectivity index (χ1n) is 9.11. The summed E-state index contributed by atoms with van der Waals surface area (Å²) in [5.41, 5.74) is 5.34. The topological polar surface area (TPSA) is 64.6 Å². The lowest BCUT2D eigenvalue weighted by Gasteiger charge is -2.15. The van der Waals surface area contributed by atoms with Gasteiger partial charge in [-0.25, -0.2) is 9.59 Å². The number of carbonyl (C=O) groups is 2. The fraction of sp³-hybridized carbons (Fsp3) is 0.130. The van der Waals surface area contributed by atoms with Crippen LogP contribution in [0.1, 0.15) is 27.4 Å². The van der Waals surface area contributed by atoms with Gasteiger partial charge in [0.2, 0.25) is 0 Å². The molecule has 1 aliphatic rings. The van der Waals surface area contributed by atoms with Gasteiger partial charge in [0.15, 0.2) is 0 Å². The zero-order valence-electron chi connectivity index (χ0n) is 15.7. The molecule has 0 heterocycles. The Kier molecular flexibility index (Phi) is 5.27. The Hall–Kier alpha value is -3.25. The molecule has 0 saturated heterocycles. The fourth-order valence-corrected chi connectivity index (χ4v) is 3.95. The summed E-state index contributed by atoms with van der Waals surface area (Å²) in [5.74, 6) is -0.522. The molecule has 6 heteroatoms. The third-order valence-electron chi connectivity index (χ3n) is 4.93. The lowest BCUT2D eigenvalue weighted by Crippen LogP contribution is -2.18. The predicted molar refractivity (Wildman–Crippen MR) is 114 cm³/mol. The number of ether oxygens (including phenoxy) is 2. The van der Waals surface area contributed by atoms with Gasteiger partial charge in [-0.2, -0.15) is 0 Å². The highest BCUT2D eigenvalue weighted by Crippen LogP contribution is 2.44. The van der Waals surface area contributed by atoms with E-state index >= 15 is 0 Å². The van der Waals surface area contributed by atoms with Gasteiger partial charge in [-0.15, -0.1) is 12.6 Å². The summed E-state index contributed by atoms with van der Waals surface area (Å²) in [4.78, 5) is 24.6. The zero-order chi connectivity index (χ0) is 20.4. The maximum absolute atomic E-state index is 12.4. The van der Waals surface area contributed by atoms with Gasteiger partial charge < -0.3 is 9.47 Å². The Bertz CT molecular complexity index is 1050. The molecule has 0 aromatic heterocycles. The van der Waals surface area contributed by atoms with Crippen molar-refractivity contribution >= 4 is 30.4 Å². The third-order valence-corrected chi connectivity index (χ3v) is 5.19. The molecule has 0 radical (unpaired) electrons. The predicted octanol–water partition coefficient (Wildman–Crippen LogP) is 5.12. The molecule has 1 N–H and O–H groups in total. The molecule has 1 aliphatic carbocycles. The van der Waals surface area contributed by atoms with Crippen molar-refractivity contribution in [1.29, 1.82) is 0 Å². The van der Waals surface area contributed by atoms with Crippen molar-refractivity contribution in [2.24, 2.45) is 0 Å². The number of benzene rings is 3. The van der Waals surface area contributed by atoms with Crippen LogP contribution in [0.15, 0.2) is 71.6 Å². The van der Waals surface area contributed by atoms with Gasteiger partial charge in [0, 0.05) is 16.5 Å². The zero-order valence-corrected chi connectivity index (χ0v) is 16.6. The van der Waals surface area contributed by atoms with E-state index in [1.807, 2.05) is 24.3 Å². The number of amides is 1. The Balaban J connectivity index is 1.48. The standard InChI is InChI=1S/C23H19NO4S/c1-27-22(25)14-10-15(12-16(29)11-14)24-23(26)28-13-21-19-8-4-2-6-17(19)18-7-3-5-9-20(18)21/h2-12,21,29H,13H2,1H3,(H,24,26). The number of rotatable bonds is 4. The summed E-state index contributed by atoms with van der Waals surface area (Å²) in [6.45, 7) is 0.213. The molecule has 29 heavy (non-hydrogen) atoms. The van der Waals surface area contributed by atoms with Gasteiger partial charge in [-0.1, -0.05) is 48.5 Å². The molecule has 0 atom stereocenters. The molecule has 0 aliphatic heterocycles. The molecule has 3 aromatic rings. The van der Waals surface area contributed by atoms with Gasteiger partial charge in [-0.05, 0) is 40.5 Å². The van der Waals surface area contributed by atoms with Crippen LogP contribution in [0.4, 0.5) is 10.5 Å². The first-order valence-corrected chi connectivity index (χ1v) is 9.56. The van der Waals surface area contributed by atoms with E-state index in [4.69, 9.17) is 9.47 Å². The van der Waals surface area contributed by atoms with E-state index in [0.717, 1.165) is 11.1 Å². The van der Waals surface area contributed by atoms with E-state index in [9.17, 15) is 9.59 Å². The molecule has 4 rings (SSSR count). The van der Waals surface area contributed by atoms with Gasteiger partial charge in [-0.3, -0.25) is 5.32 Å². The number of carbonyl (C=O) groups excluding carboxylic acids is 2. The van der Waals surface area contributed by atoms with Crippen LogP contribution >= 0.6 is 12.6 Å². The number of esters is 1. The smallest absolute Gasteiger partial charge is 0.411 e. The van der Waals surface area contributed by atoms with Gasteiger partial charge in [0.1, 0.15) is 6.61 Å². The third kappa shape index (κ3) is 3.84. The Morgan fingerprint density at radius 1 is 0.966 bits per heavy atom. The van der Waals surface area contributed by atoms with Crippen molar-refractivity contribution in [3.63, 3.8) is 0 Å². The van der Waals surface area contributed by atoms with Crippen LogP contribution in [0.2, 0.25) is 0 Å². The fourth-order valence-electron chi connectivity index (χ4n) is 3.67. The first kappa shape index (κ1) is 19.1. The van der Waals surface area contributed by atoms with Crippen molar-refractivity contribution < 1.29 is 19.1 Å². The quantitative estimate of drug-likeness (QED) is 0.467. The van der Waals surface area contributed by atoms with Crippen molar-refractivity contribution in [2.75, 3.05) is 19.0 Å². The van der Waals surface area contributed by atoms with Gasteiger partial charge in [0.25, 0.3) is 0 Å². The number of methoxy groups -OCH3 is 1. The average molecular weight is 405 g/mol. The van der Waals surface area contributed by atoms with E-state index in [0.29, 0.717) is 16.1 Å². The van der Waals surface area contributed by atoms with Crippen molar-refractivity contribution in [1.82, 2.24) is 0 Å². The largest absolute Gasteiger partial charge is 0.465 e. The second-order valence-electron chi connectivity index (χ2n) is 6.71. The number of anilines is 1. The highest BCUT2D eigenvalue weighted by atomic mass is 32.1. The summed E-state index contributed by atoms with van der Waals surface area (Å²) in [5, 5.41) is 2.66. The molecular formula is C23H19NO4S. The maximum Gasteiger partial charge on any atom is 0.411 e. The van der Waals surface area contributed by atoms with Crippen LogP contribution in [-0.4, -0.2) is 25.8 Å². The lowest BCUT2D eigenvalue weighted by molar-refractivity contribution is 0.0600. The van der Waals surface area contributed by atoms with Crippen LogP contribution in [0.3, 0.4) is 0 Å². The maximum atomic E-state index is 12.4. The van der Waals surface area contributed by atoms with Crippen LogP contribution < -0.4 is 5.32 Å². The molecule has 0 bridgehead atoms. The Morgan fingerprint density at radius 3 is 2.21 bits per heavy atom. The summed E-state index contributed by atoms with van der Waals surface area (Å²) >= 11 is 4.27. The number of hydrogen-bond acceptors (Lipinski definition) is 5. The van der Waals surface area contributed by atoms with Gasteiger partial charge >= 0.3 is 12.1 Å². The number of fused-ring (bicyclic) bond motifs is 3. The summed E-state index contributed by atoms with van der Waals surface area (Å²) < 4.78 is 10.2.